The van der Waals surface area contributed by atoms with E-state index in [-0.39, 0.29) is 55.6 Å². The number of piperazine rings is 2. The zero-order valence-electron chi connectivity index (χ0n) is 35.2. The molecule has 0 aliphatic carbocycles. The van der Waals surface area contributed by atoms with Gasteiger partial charge >= 0.3 is 11.9 Å². The van der Waals surface area contributed by atoms with Crippen LogP contribution in [0.3, 0.4) is 0 Å². The topological polar surface area (TPSA) is 129 Å². The number of carboxylic acids is 1. The molecule has 2 fully saturated rings. The van der Waals surface area contributed by atoms with Crippen molar-refractivity contribution in [3.05, 3.63) is 138 Å². The second kappa shape index (κ2) is 17.8. The van der Waals surface area contributed by atoms with Gasteiger partial charge in [0.2, 0.25) is 10.9 Å². The minimum absolute atomic E-state index is 0.00231. The number of carbonyl (C=O) groups is 2. The van der Waals surface area contributed by atoms with Crippen LogP contribution < -0.4 is 26.0 Å². The van der Waals surface area contributed by atoms with Crippen LogP contribution in [0.1, 0.15) is 49.5 Å². The Balaban J connectivity index is 0.000000168. The number of hydrogen-bond donors (Lipinski definition) is 2. The van der Waals surface area contributed by atoms with Crippen LogP contribution >= 0.6 is 23.5 Å². The average molecular weight is 973 g/mol. The number of thioether (sulfide) groups is 2. The predicted molar refractivity (Wildman–Crippen MR) is 235 cm³/mol. The highest BCUT2D eigenvalue weighted by Crippen LogP contribution is 2.53. The lowest BCUT2D eigenvalue weighted by molar-refractivity contribution is 0.0517. The molecule has 4 aromatic carbocycles. The molecule has 4 aliphatic rings. The van der Waals surface area contributed by atoms with E-state index in [4.69, 9.17) is 4.74 Å². The molecule has 0 spiro atoms. The Kier molecular flexibility index (Phi) is 12.3. The SMILES string of the molecule is CCOC(=O)c1c2n(c3c(F)c(N4CCNCC4)c(F)cc3c1=O)C(c1ccc(F)c(F)c1)S2.CN1CCN(c2c(F)cc3c(=O)c(C(=O)O)c4n(c3c2F)C(c2ccc(F)c(F)c2)S4)CC1. The quantitative estimate of drug-likeness (QED) is 0.122. The number of carbonyl (C=O) groups excluding carboxylic acids is 1. The van der Waals surface area contributed by atoms with Gasteiger partial charge in [0.15, 0.2) is 34.9 Å². The molecule has 4 aliphatic heterocycles. The molecule has 2 N–H and O–H groups in total. The van der Waals surface area contributed by atoms with Crippen LogP contribution in [0, 0.1) is 46.5 Å². The highest BCUT2D eigenvalue weighted by molar-refractivity contribution is 8.00. The number of halogens is 8. The fourth-order valence-corrected chi connectivity index (χ4v) is 11.2. The molecule has 6 aromatic rings. The minimum Gasteiger partial charge on any atom is -0.477 e. The van der Waals surface area contributed by atoms with Gasteiger partial charge in [-0.25, -0.2) is 44.7 Å². The summed E-state index contributed by atoms with van der Waals surface area (Å²) >= 11 is 1.94. The number of rotatable bonds is 7. The van der Waals surface area contributed by atoms with Crippen LogP contribution in [0.25, 0.3) is 21.8 Å². The maximum atomic E-state index is 16.0. The first-order chi connectivity index (χ1) is 32.0. The molecule has 2 atom stereocenters. The summed E-state index contributed by atoms with van der Waals surface area (Å²) in [6, 6.07) is 8.20. The van der Waals surface area contributed by atoms with Gasteiger partial charge in [0.1, 0.15) is 44.9 Å². The van der Waals surface area contributed by atoms with Gasteiger partial charge in [-0.3, -0.25) is 9.59 Å². The number of fused-ring (bicyclic) bond motifs is 6. The Morgan fingerprint density at radius 2 is 1.09 bits per heavy atom. The van der Waals surface area contributed by atoms with E-state index in [9.17, 15) is 41.8 Å². The normalized spacial score (nSPS) is 17.9. The number of ether oxygens (including phenoxy) is 1. The third-order valence-corrected chi connectivity index (χ3v) is 14.6. The summed E-state index contributed by atoms with van der Waals surface area (Å²) in [5.74, 6) is -10.6. The second-order valence-corrected chi connectivity index (χ2v) is 18.1. The largest absolute Gasteiger partial charge is 0.477 e. The number of esters is 1. The van der Waals surface area contributed by atoms with Crippen molar-refractivity contribution < 1.29 is 54.6 Å². The van der Waals surface area contributed by atoms with Gasteiger partial charge in [-0.05, 0) is 61.5 Å². The molecule has 0 bridgehead atoms. The lowest BCUT2D eigenvalue weighted by Gasteiger charge is -2.37. The van der Waals surface area contributed by atoms with Gasteiger partial charge in [0.05, 0.1) is 38.5 Å². The van der Waals surface area contributed by atoms with E-state index < -0.39 is 91.0 Å². The Bertz CT molecular complexity index is 3200. The molecular formula is C45H36F8N6O6S2. The van der Waals surface area contributed by atoms with E-state index >= 15 is 17.6 Å². The third-order valence-electron chi connectivity index (χ3n) is 11.9. The van der Waals surface area contributed by atoms with Crippen LogP contribution in [0.5, 0.6) is 0 Å². The first-order valence-corrected chi connectivity index (χ1v) is 22.5. The van der Waals surface area contributed by atoms with Crippen molar-refractivity contribution in [3.63, 3.8) is 0 Å². The fraction of sp³-hybridized carbons (Fsp3) is 0.289. The van der Waals surface area contributed by atoms with E-state index in [1.165, 1.54) is 21.3 Å². The number of aromatic carboxylic acids is 1. The first-order valence-electron chi connectivity index (χ1n) is 20.7. The third kappa shape index (κ3) is 7.76. The summed E-state index contributed by atoms with van der Waals surface area (Å²) in [5.41, 5.74) is -3.28. The van der Waals surface area contributed by atoms with E-state index in [0.717, 1.165) is 59.9 Å². The number of hydrogen-bond acceptors (Lipinski definition) is 11. The molecule has 350 valence electrons. The summed E-state index contributed by atoms with van der Waals surface area (Å²) in [6.07, 6.45) is 0. The second-order valence-electron chi connectivity index (χ2n) is 15.9. The number of likely N-dealkylation sites (N-methyl/N-ethyl adjacent to an activating group) is 1. The van der Waals surface area contributed by atoms with Crippen LogP contribution in [-0.4, -0.2) is 97.1 Å². The fourth-order valence-electron chi connectivity index (χ4n) is 8.66. The standard InChI is InChI=1S/C23H19F4N3O3S.C22H17F4N3O3S/c1-2-33-23(32)16-20(31)12-10-15(26)19(29-7-5-28-6-8-29)17(27)18(12)30-21(34-22(16)30)11-3-4-13(24)14(25)9-11;1-27-4-6-28(7-5-27)18-14(25)9-11-17(16(18)26)29-20(10-2-3-12(23)13(24)8-10)33-21(29)15(19(11)30)22(31)32/h3-4,9-10,21,28H,2,5-8H2,1H3;2-3,8-9,20H,4-7H2,1H3,(H,31,32). The Labute approximate surface area is 382 Å². The van der Waals surface area contributed by atoms with Crippen LogP contribution in [0.4, 0.5) is 46.5 Å². The smallest absolute Gasteiger partial charge is 0.344 e. The molecular weight excluding hydrogens is 937 g/mol. The Morgan fingerprint density at radius 1 is 0.642 bits per heavy atom. The van der Waals surface area contributed by atoms with Gasteiger partial charge < -0.3 is 39.0 Å². The number of benzene rings is 4. The monoisotopic (exact) mass is 972 g/mol. The molecule has 0 amide bonds. The maximum absolute atomic E-state index is 16.0. The highest BCUT2D eigenvalue weighted by Gasteiger charge is 2.41. The van der Waals surface area contributed by atoms with Crippen molar-refractivity contribution in [1.29, 1.82) is 0 Å². The molecule has 22 heteroatoms. The van der Waals surface area contributed by atoms with Gasteiger partial charge in [-0.1, -0.05) is 35.7 Å². The molecule has 12 nitrogen and oxygen atoms in total. The first kappa shape index (κ1) is 46.0. The zero-order valence-corrected chi connectivity index (χ0v) is 36.8. The maximum Gasteiger partial charge on any atom is 0.344 e. The number of anilines is 2. The molecule has 10 rings (SSSR count). The lowest BCUT2D eigenvalue weighted by Crippen LogP contribution is -2.45. The van der Waals surface area contributed by atoms with Gasteiger partial charge in [-0.2, -0.15) is 0 Å². The average Bonchev–Trinajstić information content (AvgIpc) is 3.27. The summed E-state index contributed by atoms with van der Waals surface area (Å²) in [5, 5.41) is 10.5. The van der Waals surface area contributed by atoms with Crippen molar-refractivity contribution in [2.45, 2.75) is 27.7 Å². The summed E-state index contributed by atoms with van der Waals surface area (Å²) in [4.78, 5) is 55.6. The number of nitrogens with zero attached hydrogens (tertiary/aromatic N) is 5. The molecule has 0 radical (unpaired) electrons. The zero-order chi connectivity index (χ0) is 47.7. The van der Waals surface area contributed by atoms with Crippen LogP contribution in [0.15, 0.2) is 68.2 Å². The Hall–Kier alpha value is -6.10. The van der Waals surface area contributed by atoms with Gasteiger partial charge in [0, 0.05) is 52.4 Å². The van der Waals surface area contributed by atoms with Crippen molar-refractivity contribution in [1.82, 2.24) is 19.4 Å². The summed E-state index contributed by atoms with van der Waals surface area (Å²) < 4.78 is 124. The highest BCUT2D eigenvalue weighted by atomic mass is 32.2. The number of pyridine rings is 2. The predicted octanol–water partition coefficient (Wildman–Crippen LogP) is 7.46. The van der Waals surface area contributed by atoms with Crippen molar-refractivity contribution in [3.8, 4) is 0 Å². The van der Waals surface area contributed by atoms with Gasteiger partial charge in [-0.15, -0.1) is 0 Å². The summed E-state index contributed by atoms with van der Waals surface area (Å²) in [7, 11) is 1.89. The van der Waals surface area contributed by atoms with Crippen LogP contribution in [-0.2, 0) is 4.74 Å². The Morgan fingerprint density at radius 3 is 1.54 bits per heavy atom. The lowest BCUT2D eigenvalue weighted by atomic mass is 10.1. The van der Waals surface area contributed by atoms with Gasteiger partial charge in [0.25, 0.3) is 0 Å². The molecule has 0 saturated carbocycles. The molecule has 2 unspecified atom stereocenters. The number of carboxylic acid groups (broad SMARTS) is 1. The van der Waals surface area contributed by atoms with Crippen molar-refractivity contribution in [2.75, 3.05) is 75.8 Å². The minimum atomic E-state index is -1.54. The molecule has 2 aromatic heterocycles. The molecule has 2 saturated heterocycles. The number of nitrogens with one attached hydrogen (secondary N) is 1. The van der Waals surface area contributed by atoms with E-state index in [2.05, 4.69) is 5.32 Å². The summed E-state index contributed by atoms with van der Waals surface area (Å²) in [6.45, 7) is 5.24. The van der Waals surface area contributed by atoms with Crippen LogP contribution in [0.2, 0.25) is 0 Å². The van der Waals surface area contributed by atoms with E-state index in [1.807, 2.05) is 11.9 Å². The van der Waals surface area contributed by atoms with E-state index in [1.54, 1.807) is 16.7 Å². The molecule has 67 heavy (non-hydrogen) atoms. The van der Waals surface area contributed by atoms with Crippen molar-refractivity contribution in [2.24, 2.45) is 0 Å². The molecule has 6 heterocycles. The van der Waals surface area contributed by atoms with Crippen molar-refractivity contribution >= 4 is 68.6 Å². The van der Waals surface area contributed by atoms with E-state index in [0.29, 0.717) is 57.9 Å². The number of aromatic nitrogens is 2.